The third-order valence-electron chi connectivity index (χ3n) is 5.06. The van der Waals surface area contributed by atoms with Crippen LogP contribution in [0.1, 0.15) is 32.1 Å². The molecule has 0 saturated heterocycles. The van der Waals surface area contributed by atoms with Crippen LogP contribution in [0, 0.1) is 0 Å². The van der Waals surface area contributed by atoms with Gasteiger partial charge in [0.15, 0.2) is 5.16 Å². The highest BCUT2D eigenvalue weighted by atomic mass is 32.2. The van der Waals surface area contributed by atoms with Crippen LogP contribution >= 0.6 is 23.1 Å². The highest BCUT2D eigenvalue weighted by Gasteiger charge is 2.20. The minimum atomic E-state index is -0.141. The van der Waals surface area contributed by atoms with Gasteiger partial charge in [-0.1, -0.05) is 37.1 Å². The standard InChI is InChI=1S/C21H23N3O3S2/c1-2-10-24-20(26)18-15(16-9-6-11-27-16)12-28-19(18)23-21(24)29-13-17(25)22-14-7-4-3-5-8-14/h2,6,9,11-12,14H,1,3-5,7-8,10,13H2,(H,22,25). The Kier molecular flexibility index (Phi) is 6.20. The number of carbonyl (C=O) groups is 1. The quantitative estimate of drug-likeness (QED) is 0.341. The van der Waals surface area contributed by atoms with Crippen LogP contribution in [-0.2, 0) is 11.3 Å². The van der Waals surface area contributed by atoms with Gasteiger partial charge in [-0.2, -0.15) is 0 Å². The van der Waals surface area contributed by atoms with Crippen LogP contribution in [-0.4, -0.2) is 27.3 Å². The third kappa shape index (κ3) is 4.33. The molecule has 1 amide bonds. The highest BCUT2D eigenvalue weighted by Crippen LogP contribution is 2.32. The van der Waals surface area contributed by atoms with Crippen LogP contribution in [0.2, 0.25) is 0 Å². The zero-order valence-corrected chi connectivity index (χ0v) is 17.7. The second kappa shape index (κ2) is 9.00. The molecule has 0 aromatic carbocycles. The SMILES string of the molecule is C=CCn1c(SCC(=O)NC2CCCCC2)nc2scc(-c3ccco3)c2c1=O. The number of hydrogen-bond donors (Lipinski definition) is 1. The zero-order chi connectivity index (χ0) is 20.2. The molecule has 0 unspecified atom stereocenters. The summed E-state index contributed by atoms with van der Waals surface area (Å²) >= 11 is 2.70. The molecule has 0 radical (unpaired) electrons. The molecule has 0 bridgehead atoms. The summed E-state index contributed by atoms with van der Waals surface area (Å²) in [4.78, 5) is 30.9. The zero-order valence-electron chi connectivity index (χ0n) is 16.1. The van der Waals surface area contributed by atoms with Crippen LogP contribution < -0.4 is 10.9 Å². The molecule has 0 atom stereocenters. The lowest BCUT2D eigenvalue weighted by Crippen LogP contribution is -2.37. The Bertz CT molecular complexity index is 1060. The Labute approximate surface area is 177 Å². The summed E-state index contributed by atoms with van der Waals surface area (Å²) in [5.41, 5.74) is 0.606. The summed E-state index contributed by atoms with van der Waals surface area (Å²) in [6, 6.07) is 3.90. The van der Waals surface area contributed by atoms with Crippen LogP contribution in [0.25, 0.3) is 21.5 Å². The monoisotopic (exact) mass is 429 g/mol. The van der Waals surface area contributed by atoms with Crippen molar-refractivity contribution in [1.29, 1.82) is 0 Å². The van der Waals surface area contributed by atoms with Gasteiger partial charge in [0.05, 0.1) is 17.4 Å². The molecule has 3 aromatic rings. The van der Waals surface area contributed by atoms with Crippen LogP contribution in [0.4, 0.5) is 0 Å². The van der Waals surface area contributed by atoms with Crippen molar-refractivity contribution >= 4 is 39.2 Å². The van der Waals surface area contributed by atoms with E-state index in [2.05, 4.69) is 16.9 Å². The molecule has 1 saturated carbocycles. The Morgan fingerprint density at radius 1 is 1.41 bits per heavy atom. The first kappa shape index (κ1) is 20.0. The maximum atomic E-state index is 13.2. The Morgan fingerprint density at radius 2 is 2.24 bits per heavy atom. The second-order valence-corrected chi connectivity index (χ2v) is 8.90. The molecule has 3 aromatic heterocycles. The Balaban J connectivity index is 1.58. The highest BCUT2D eigenvalue weighted by molar-refractivity contribution is 7.99. The number of nitrogens with one attached hydrogen (secondary N) is 1. The van der Waals surface area contributed by atoms with E-state index in [1.54, 1.807) is 23.0 Å². The maximum Gasteiger partial charge on any atom is 0.263 e. The topological polar surface area (TPSA) is 77.1 Å². The molecular weight excluding hydrogens is 406 g/mol. The third-order valence-corrected chi connectivity index (χ3v) is 6.91. The molecule has 29 heavy (non-hydrogen) atoms. The predicted molar refractivity (Wildman–Crippen MR) is 118 cm³/mol. The molecule has 4 rings (SSSR count). The average molecular weight is 430 g/mol. The number of thiophene rings is 1. The van der Waals surface area contributed by atoms with Crippen molar-refractivity contribution in [2.24, 2.45) is 0 Å². The van der Waals surface area contributed by atoms with Crippen molar-refractivity contribution in [2.75, 3.05) is 5.75 Å². The number of thioether (sulfide) groups is 1. The fourth-order valence-electron chi connectivity index (χ4n) is 3.67. The number of amides is 1. The lowest BCUT2D eigenvalue weighted by Gasteiger charge is -2.22. The van der Waals surface area contributed by atoms with E-state index in [1.807, 2.05) is 11.4 Å². The first-order chi connectivity index (χ1) is 14.2. The van der Waals surface area contributed by atoms with E-state index >= 15 is 0 Å². The molecule has 1 aliphatic rings. The van der Waals surface area contributed by atoms with Crippen molar-refractivity contribution < 1.29 is 9.21 Å². The number of fused-ring (bicyclic) bond motifs is 1. The van der Waals surface area contributed by atoms with E-state index < -0.39 is 0 Å². The van der Waals surface area contributed by atoms with Gasteiger partial charge < -0.3 is 9.73 Å². The number of hydrogen-bond acceptors (Lipinski definition) is 6. The van der Waals surface area contributed by atoms with E-state index in [0.717, 1.165) is 18.4 Å². The Morgan fingerprint density at radius 3 is 2.97 bits per heavy atom. The second-order valence-electron chi connectivity index (χ2n) is 7.10. The van der Waals surface area contributed by atoms with Crippen molar-refractivity contribution in [3.05, 3.63) is 46.8 Å². The summed E-state index contributed by atoms with van der Waals surface area (Å²) in [6.45, 7) is 4.09. The average Bonchev–Trinajstić information content (AvgIpc) is 3.39. The smallest absolute Gasteiger partial charge is 0.263 e. The van der Waals surface area contributed by atoms with Crippen molar-refractivity contribution in [3.8, 4) is 11.3 Å². The Hall–Kier alpha value is -2.32. The molecule has 152 valence electrons. The summed E-state index contributed by atoms with van der Waals surface area (Å²) in [5.74, 6) is 0.874. The minimum absolute atomic E-state index is 0.0103. The summed E-state index contributed by atoms with van der Waals surface area (Å²) in [6.07, 6.45) is 8.94. The summed E-state index contributed by atoms with van der Waals surface area (Å²) < 4.78 is 7.05. The van der Waals surface area contributed by atoms with Crippen molar-refractivity contribution in [3.63, 3.8) is 0 Å². The fourth-order valence-corrected chi connectivity index (χ4v) is 5.45. The molecule has 3 heterocycles. The van der Waals surface area contributed by atoms with Gasteiger partial charge in [-0.05, 0) is 25.0 Å². The lowest BCUT2D eigenvalue weighted by atomic mass is 9.95. The normalized spacial score (nSPS) is 14.9. The fraction of sp³-hybridized carbons (Fsp3) is 0.381. The molecule has 1 aliphatic carbocycles. The van der Waals surface area contributed by atoms with Gasteiger partial charge in [-0.25, -0.2) is 4.98 Å². The van der Waals surface area contributed by atoms with E-state index in [1.165, 1.54) is 42.4 Å². The molecule has 0 aliphatic heterocycles. The van der Waals surface area contributed by atoms with Crippen LogP contribution in [0.5, 0.6) is 0 Å². The predicted octanol–water partition coefficient (Wildman–Crippen LogP) is 4.45. The first-order valence-corrected chi connectivity index (χ1v) is 11.6. The number of nitrogens with zero attached hydrogens (tertiary/aromatic N) is 2. The van der Waals surface area contributed by atoms with Gasteiger partial charge in [0, 0.05) is 23.5 Å². The number of allylic oxidation sites excluding steroid dienone is 1. The molecular formula is C21H23N3O3S2. The molecule has 0 spiro atoms. The van der Waals surface area contributed by atoms with Gasteiger partial charge in [-0.3, -0.25) is 14.2 Å². The van der Waals surface area contributed by atoms with E-state index in [-0.39, 0.29) is 23.3 Å². The summed E-state index contributed by atoms with van der Waals surface area (Å²) in [5, 5.41) is 6.08. The summed E-state index contributed by atoms with van der Waals surface area (Å²) in [7, 11) is 0. The van der Waals surface area contributed by atoms with Crippen molar-refractivity contribution in [2.45, 2.75) is 49.8 Å². The van der Waals surface area contributed by atoms with Crippen LogP contribution in [0.15, 0.2) is 50.8 Å². The van der Waals surface area contributed by atoms with Gasteiger partial charge in [-0.15, -0.1) is 17.9 Å². The largest absolute Gasteiger partial charge is 0.464 e. The minimum Gasteiger partial charge on any atom is -0.464 e. The van der Waals surface area contributed by atoms with E-state index in [9.17, 15) is 9.59 Å². The number of carbonyl (C=O) groups excluding carboxylic acids is 1. The molecule has 8 heteroatoms. The van der Waals surface area contributed by atoms with Gasteiger partial charge in [0.2, 0.25) is 5.91 Å². The molecule has 6 nitrogen and oxygen atoms in total. The van der Waals surface area contributed by atoms with Gasteiger partial charge in [0.1, 0.15) is 10.6 Å². The first-order valence-electron chi connectivity index (χ1n) is 9.76. The van der Waals surface area contributed by atoms with E-state index in [0.29, 0.717) is 27.7 Å². The lowest BCUT2D eigenvalue weighted by molar-refractivity contribution is -0.119. The van der Waals surface area contributed by atoms with Crippen molar-refractivity contribution in [1.82, 2.24) is 14.9 Å². The van der Waals surface area contributed by atoms with E-state index in [4.69, 9.17) is 4.42 Å². The maximum absolute atomic E-state index is 13.2. The molecule has 1 fully saturated rings. The van der Waals surface area contributed by atoms with Crippen LogP contribution in [0.3, 0.4) is 0 Å². The van der Waals surface area contributed by atoms with Gasteiger partial charge in [0.25, 0.3) is 5.56 Å². The molecule has 1 N–H and O–H groups in total. The number of furan rings is 1. The van der Waals surface area contributed by atoms with Gasteiger partial charge >= 0.3 is 0 Å². The number of aromatic nitrogens is 2. The number of rotatable bonds is 7.